The number of hydrogen-bond donors (Lipinski definition) is 3. The third kappa shape index (κ3) is 3.59. The predicted octanol–water partition coefficient (Wildman–Crippen LogP) is 3.28. The van der Waals surface area contributed by atoms with E-state index in [-0.39, 0.29) is 12.4 Å². The zero-order valence-corrected chi connectivity index (χ0v) is 17.6. The summed E-state index contributed by atoms with van der Waals surface area (Å²) in [6.45, 7) is -0.0159. The van der Waals surface area contributed by atoms with Gasteiger partial charge in [-0.1, -0.05) is 12.1 Å². The van der Waals surface area contributed by atoms with Crippen LogP contribution in [0.5, 0.6) is 23.1 Å². The van der Waals surface area contributed by atoms with Crippen LogP contribution in [0.15, 0.2) is 73.2 Å². The van der Waals surface area contributed by atoms with Crippen LogP contribution in [-0.2, 0) is 16.9 Å². The van der Waals surface area contributed by atoms with E-state index in [9.17, 15) is 14.7 Å². The van der Waals surface area contributed by atoms with Crippen molar-refractivity contribution >= 4 is 22.7 Å². The van der Waals surface area contributed by atoms with Gasteiger partial charge in [0.05, 0.1) is 13.7 Å². The van der Waals surface area contributed by atoms with Crippen LogP contribution in [0.1, 0.15) is 5.56 Å². The van der Waals surface area contributed by atoms with Gasteiger partial charge in [-0.3, -0.25) is 15.1 Å². The first-order chi connectivity index (χ1) is 16.0. The van der Waals surface area contributed by atoms with Gasteiger partial charge in [-0.25, -0.2) is 4.79 Å². The number of carbonyl (C=O) groups excluding carboxylic acids is 2. The van der Waals surface area contributed by atoms with Crippen molar-refractivity contribution in [3.8, 4) is 23.1 Å². The number of pyridine rings is 1. The number of amides is 3. The largest absolute Gasteiger partial charge is 0.497 e. The number of rotatable bonds is 6. The maximum Gasteiger partial charge on any atom is 0.322 e. The van der Waals surface area contributed by atoms with Crippen LogP contribution in [0.25, 0.3) is 10.8 Å². The smallest absolute Gasteiger partial charge is 0.322 e. The molecular formula is C24H20N4O5. The van der Waals surface area contributed by atoms with Gasteiger partial charge >= 0.3 is 6.03 Å². The SMILES string of the molecule is COc1ccc2cn(CC3(c4ccc(Oc5ccncc5)cc4)NC(=O)NC3=O)c(O)c2c1. The van der Waals surface area contributed by atoms with Crippen LogP contribution < -0.4 is 20.1 Å². The van der Waals surface area contributed by atoms with Gasteiger partial charge in [0.2, 0.25) is 0 Å². The highest BCUT2D eigenvalue weighted by Gasteiger charge is 2.48. The standard InChI is InChI=1S/C24H20N4O5/c1-32-19-5-2-15-13-28(21(29)20(15)12-19)14-24(22(30)26-23(31)27-24)16-3-6-17(7-4-16)33-18-8-10-25-11-9-18/h2-13,29H,14H2,1H3,(H2,26,27,30,31). The molecule has 1 saturated heterocycles. The Bertz CT molecular complexity index is 1350. The number of urea groups is 1. The molecule has 5 rings (SSSR count). The molecule has 33 heavy (non-hydrogen) atoms. The first-order valence-electron chi connectivity index (χ1n) is 10.2. The molecule has 1 fully saturated rings. The first-order valence-corrected chi connectivity index (χ1v) is 10.2. The molecule has 2 aromatic heterocycles. The van der Waals surface area contributed by atoms with Gasteiger partial charge in [0.25, 0.3) is 5.91 Å². The van der Waals surface area contributed by atoms with Crippen LogP contribution in [0.4, 0.5) is 4.79 Å². The highest BCUT2D eigenvalue weighted by Crippen LogP contribution is 2.35. The molecule has 1 aliphatic heterocycles. The Morgan fingerprint density at radius 2 is 1.70 bits per heavy atom. The predicted molar refractivity (Wildman–Crippen MR) is 119 cm³/mol. The number of fused-ring (bicyclic) bond motifs is 1. The lowest BCUT2D eigenvalue weighted by Crippen LogP contribution is -2.47. The number of ether oxygens (including phenoxy) is 2. The fourth-order valence-corrected chi connectivity index (χ4v) is 3.98. The molecule has 3 N–H and O–H groups in total. The summed E-state index contributed by atoms with van der Waals surface area (Å²) in [5, 5.41) is 17.2. The Morgan fingerprint density at radius 3 is 2.36 bits per heavy atom. The maximum absolute atomic E-state index is 13.0. The first kappa shape index (κ1) is 20.4. The van der Waals surface area contributed by atoms with Gasteiger partial charge < -0.3 is 24.5 Å². The molecule has 1 unspecified atom stereocenters. The van der Waals surface area contributed by atoms with Crippen LogP contribution >= 0.6 is 0 Å². The van der Waals surface area contributed by atoms with Gasteiger partial charge in [0.1, 0.15) is 17.2 Å². The third-order valence-corrected chi connectivity index (χ3v) is 5.65. The molecule has 0 saturated carbocycles. The number of hydrogen-bond acceptors (Lipinski definition) is 6. The van der Waals surface area contributed by atoms with E-state index in [1.807, 2.05) is 6.07 Å². The summed E-state index contributed by atoms with van der Waals surface area (Å²) in [6.07, 6.45) is 4.98. The summed E-state index contributed by atoms with van der Waals surface area (Å²) < 4.78 is 12.6. The van der Waals surface area contributed by atoms with E-state index in [0.717, 1.165) is 5.39 Å². The molecule has 4 aromatic rings. The third-order valence-electron chi connectivity index (χ3n) is 5.65. The van der Waals surface area contributed by atoms with E-state index in [1.54, 1.807) is 74.2 Å². The normalized spacial score (nSPS) is 17.6. The fourth-order valence-electron chi connectivity index (χ4n) is 3.98. The topological polar surface area (TPSA) is 115 Å². The summed E-state index contributed by atoms with van der Waals surface area (Å²) in [7, 11) is 1.55. The molecule has 3 heterocycles. The van der Waals surface area contributed by atoms with Crippen molar-refractivity contribution in [1.82, 2.24) is 20.2 Å². The number of nitrogens with zero attached hydrogens (tertiary/aromatic N) is 2. The average molecular weight is 444 g/mol. The fraction of sp³-hybridized carbons (Fsp3) is 0.125. The van der Waals surface area contributed by atoms with E-state index < -0.39 is 17.5 Å². The van der Waals surface area contributed by atoms with Crippen LogP contribution in [0.2, 0.25) is 0 Å². The lowest BCUT2D eigenvalue weighted by atomic mass is 9.89. The number of benzene rings is 2. The molecular weight excluding hydrogens is 424 g/mol. The molecule has 1 atom stereocenters. The van der Waals surface area contributed by atoms with Gasteiger partial charge in [-0.15, -0.1) is 0 Å². The molecule has 1 aliphatic rings. The minimum Gasteiger partial charge on any atom is -0.497 e. The Kier molecular flexibility index (Phi) is 4.86. The second kappa shape index (κ2) is 7.86. The number of imide groups is 1. The molecule has 0 aliphatic carbocycles. The number of methoxy groups -OCH3 is 1. The van der Waals surface area contributed by atoms with Crippen LogP contribution in [-0.4, -0.2) is 33.7 Å². The van der Waals surface area contributed by atoms with Crippen molar-refractivity contribution in [2.75, 3.05) is 7.11 Å². The maximum atomic E-state index is 13.0. The van der Waals surface area contributed by atoms with Crippen molar-refractivity contribution in [1.29, 1.82) is 0 Å². The second-order valence-corrected chi connectivity index (χ2v) is 7.66. The Labute approximate surface area is 188 Å². The monoisotopic (exact) mass is 444 g/mol. The second-order valence-electron chi connectivity index (χ2n) is 7.66. The van der Waals surface area contributed by atoms with Crippen LogP contribution in [0, 0.1) is 0 Å². The van der Waals surface area contributed by atoms with Crippen LogP contribution in [0.3, 0.4) is 0 Å². The van der Waals surface area contributed by atoms with Gasteiger partial charge in [0.15, 0.2) is 11.4 Å². The van der Waals surface area contributed by atoms with Gasteiger partial charge in [0, 0.05) is 29.4 Å². The van der Waals surface area contributed by atoms with Crippen molar-refractivity contribution in [2.24, 2.45) is 0 Å². The molecule has 9 heteroatoms. The summed E-state index contributed by atoms with van der Waals surface area (Å²) >= 11 is 0. The Hall–Kier alpha value is -4.53. The summed E-state index contributed by atoms with van der Waals surface area (Å²) in [5.41, 5.74) is -0.870. The number of carbonyl (C=O) groups is 2. The van der Waals surface area contributed by atoms with Gasteiger partial charge in [-0.2, -0.15) is 0 Å². The Balaban J connectivity index is 1.51. The van der Waals surface area contributed by atoms with Gasteiger partial charge in [-0.05, 0) is 48.0 Å². The number of nitrogens with one attached hydrogen (secondary N) is 2. The molecule has 0 bridgehead atoms. The van der Waals surface area contributed by atoms with E-state index in [0.29, 0.717) is 28.2 Å². The van der Waals surface area contributed by atoms with Crippen molar-refractivity contribution in [3.63, 3.8) is 0 Å². The summed E-state index contributed by atoms with van der Waals surface area (Å²) in [5.74, 6) is 1.24. The molecule has 0 spiro atoms. The van der Waals surface area contributed by atoms with Crippen molar-refractivity contribution < 1.29 is 24.2 Å². The lowest BCUT2D eigenvalue weighted by molar-refractivity contribution is -0.124. The Morgan fingerprint density at radius 1 is 1.00 bits per heavy atom. The quantitative estimate of drug-likeness (QED) is 0.393. The van der Waals surface area contributed by atoms with E-state index >= 15 is 0 Å². The zero-order chi connectivity index (χ0) is 23.0. The van der Waals surface area contributed by atoms with Crippen molar-refractivity contribution in [2.45, 2.75) is 12.1 Å². The lowest BCUT2D eigenvalue weighted by Gasteiger charge is -2.27. The molecule has 0 radical (unpaired) electrons. The summed E-state index contributed by atoms with van der Waals surface area (Å²) in [4.78, 5) is 29.0. The number of aromatic nitrogens is 2. The van der Waals surface area contributed by atoms with E-state index in [4.69, 9.17) is 9.47 Å². The average Bonchev–Trinajstić information content (AvgIpc) is 3.29. The minimum absolute atomic E-state index is 0.0159. The molecule has 166 valence electrons. The van der Waals surface area contributed by atoms with E-state index in [2.05, 4.69) is 15.6 Å². The zero-order valence-electron chi connectivity index (χ0n) is 17.6. The highest BCUT2D eigenvalue weighted by molar-refractivity contribution is 6.07. The molecule has 9 nitrogen and oxygen atoms in total. The molecule has 3 amide bonds. The molecule has 2 aromatic carbocycles. The number of aromatic hydroxyl groups is 1. The highest BCUT2D eigenvalue weighted by atomic mass is 16.5. The summed E-state index contributed by atoms with van der Waals surface area (Å²) in [6, 6.07) is 15.0. The van der Waals surface area contributed by atoms with E-state index in [1.165, 1.54) is 4.57 Å². The van der Waals surface area contributed by atoms with Crippen molar-refractivity contribution in [3.05, 3.63) is 78.8 Å². The minimum atomic E-state index is -1.41.